The first-order valence-corrected chi connectivity index (χ1v) is 9.13. The fourth-order valence-corrected chi connectivity index (χ4v) is 3.38. The molecular formula is C19H24N4O4. The normalized spacial score (nSPS) is 17.7. The van der Waals surface area contributed by atoms with Crippen molar-refractivity contribution in [1.82, 2.24) is 19.6 Å². The molecule has 8 heteroatoms. The van der Waals surface area contributed by atoms with Crippen LogP contribution in [0.15, 0.2) is 24.3 Å². The Morgan fingerprint density at radius 2 is 1.07 bits per heavy atom. The summed E-state index contributed by atoms with van der Waals surface area (Å²) < 4.78 is 0. The second kappa shape index (κ2) is 8.20. The molecule has 0 spiro atoms. The van der Waals surface area contributed by atoms with Gasteiger partial charge in [0, 0.05) is 70.4 Å². The Kier molecular flexibility index (Phi) is 5.73. The Hall–Kier alpha value is -2.90. The summed E-state index contributed by atoms with van der Waals surface area (Å²) in [5.41, 5.74) is 1.07. The van der Waals surface area contributed by atoms with E-state index in [1.165, 1.54) is 6.92 Å². The topological polar surface area (TPSA) is 81.2 Å². The molecule has 4 amide bonds. The minimum Gasteiger partial charge on any atom is -0.342 e. The minimum absolute atomic E-state index is 0.0268. The molecule has 0 aliphatic carbocycles. The Morgan fingerprint density at radius 1 is 0.704 bits per heavy atom. The van der Waals surface area contributed by atoms with Crippen LogP contribution >= 0.6 is 0 Å². The van der Waals surface area contributed by atoms with Gasteiger partial charge in [0.1, 0.15) is 0 Å². The highest BCUT2D eigenvalue weighted by molar-refractivity contribution is 5.98. The molecular weight excluding hydrogens is 348 g/mol. The van der Waals surface area contributed by atoms with E-state index >= 15 is 0 Å². The van der Waals surface area contributed by atoms with Crippen molar-refractivity contribution in [2.45, 2.75) is 6.92 Å². The highest BCUT2D eigenvalue weighted by Gasteiger charge is 2.24. The monoisotopic (exact) mass is 372 g/mol. The minimum atomic E-state index is -0.0883. The van der Waals surface area contributed by atoms with Gasteiger partial charge in [0.25, 0.3) is 11.8 Å². The Balaban J connectivity index is 1.58. The molecule has 2 saturated heterocycles. The molecule has 27 heavy (non-hydrogen) atoms. The van der Waals surface area contributed by atoms with Gasteiger partial charge in [-0.05, 0) is 24.3 Å². The van der Waals surface area contributed by atoms with Gasteiger partial charge >= 0.3 is 0 Å². The number of amides is 4. The van der Waals surface area contributed by atoms with E-state index in [0.29, 0.717) is 63.5 Å². The van der Waals surface area contributed by atoms with Crippen LogP contribution in [-0.4, -0.2) is 96.1 Å². The van der Waals surface area contributed by atoms with Gasteiger partial charge in [0.2, 0.25) is 12.3 Å². The summed E-state index contributed by atoms with van der Waals surface area (Å²) in [6, 6.07) is 6.70. The van der Waals surface area contributed by atoms with E-state index in [-0.39, 0.29) is 17.7 Å². The predicted octanol–water partition coefficient (Wildman–Crippen LogP) is -0.0949. The summed E-state index contributed by atoms with van der Waals surface area (Å²) in [5.74, 6) is -0.148. The lowest BCUT2D eigenvalue weighted by Gasteiger charge is -2.34. The number of hydrogen-bond donors (Lipinski definition) is 0. The molecule has 0 unspecified atom stereocenters. The molecule has 0 saturated carbocycles. The summed E-state index contributed by atoms with van der Waals surface area (Å²) >= 11 is 0. The van der Waals surface area contributed by atoms with Gasteiger partial charge in [-0.15, -0.1) is 0 Å². The molecule has 144 valence electrons. The Labute approximate surface area is 158 Å². The fourth-order valence-electron chi connectivity index (χ4n) is 3.38. The van der Waals surface area contributed by atoms with Gasteiger partial charge < -0.3 is 19.6 Å². The number of rotatable bonds is 3. The fraction of sp³-hybridized carbons (Fsp3) is 0.474. The van der Waals surface area contributed by atoms with Crippen LogP contribution in [0.4, 0.5) is 0 Å². The summed E-state index contributed by atoms with van der Waals surface area (Å²) in [5, 5.41) is 0. The molecule has 2 fully saturated rings. The molecule has 2 aliphatic rings. The first kappa shape index (κ1) is 18.9. The van der Waals surface area contributed by atoms with Gasteiger partial charge in [-0.25, -0.2) is 0 Å². The molecule has 0 atom stereocenters. The maximum atomic E-state index is 12.6. The van der Waals surface area contributed by atoms with E-state index in [4.69, 9.17) is 0 Å². The maximum absolute atomic E-state index is 12.6. The molecule has 2 heterocycles. The van der Waals surface area contributed by atoms with Crippen molar-refractivity contribution in [2.24, 2.45) is 0 Å². The number of carbonyl (C=O) groups is 4. The van der Waals surface area contributed by atoms with Crippen LogP contribution < -0.4 is 0 Å². The summed E-state index contributed by atoms with van der Waals surface area (Å²) in [7, 11) is 0. The number of carbonyl (C=O) groups excluding carboxylic acids is 4. The second-order valence-electron chi connectivity index (χ2n) is 6.81. The van der Waals surface area contributed by atoms with Crippen molar-refractivity contribution in [3.05, 3.63) is 35.4 Å². The third kappa shape index (κ3) is 4.27. The van der Waals surface area contributed by atoms with Crippen molar-refractivity contribution < 1.29 is 19.2 Å². The third-order valence-electron chi connectivity index (χ3n) is 5.14. The molecule has 1 aromatic carbocycles. The number of nitrogens with zero attached hydrogens (tertiary/aromatic N) is 4. The molecule has 3 rings (SSSR count). The van der Waals surface area contributed by atoms with Gasteiger partial charge in [-0.3, -0.25) is 19.2 Å². The maximum Gasteiger partial charge on any atom is 0.253 e. The van der Waals surface area contributed by atoms with E-state index in [0.717, 1.165) is 6.41 Å². The zero-order chi connectivity index (χ0) is 19.4. The van der Waals surface area contributed by atoms with Gasteiger partial charge in [-0.1, -0.05) is 0 Å². The van der Waals surface area contributed by atoms with E-state index in [2.05, 4.69) is 0 Å². The van der Waals surface area contributed by atoms with E-state index in [1.807, 2.05) is 0 Å². The zero-order valence-electron chi connectivity index (χ0n) is 15.5. The highest BCUT2D eigenvalue weighted by atomic mass is 16.2. The van der Waals surface area contributed by atoms with Gasteiger partial charge in [-0.2, -0.15) is 0 Å². The highest BCUT2D eigenvalue weighted by Crippen LogP contribution is 2.13. The van der Waals surface area contributed by atoms with Crippen LogP contribution in [0.2, 0.25) is 0 Å². The SMILES string of the molecule is CC(=O)N1CCN(C(=O)c2ccc(C(=O)N3CCN(C=O)CC3)cc2)CC1. The Bertz CT molecular complexity index is 718. The standard InChI is InChI=1S/C19H24N4O4/c1-15(25)21-10-12-23(13-11-21)19(27)17-4-2-16(3-5-17)18(26)22-8-6-20(14-24)7-9-22/h2-5,14H,6-13H2,1H3. The molecule has 0 N–H and O–H groups in total. The summed E-state index contributed by atoms with van der Waals surface area (Å²) in [4.78, 5) is 54.1. The molecule has 2 aliphatic heterocycles. The van der Waals surface area contributed by atoms with Crippen LogP contribution in [0.25, 0.3) is 0 Å². The quantitative estimate of drug-likeness (QED) is 0.694. The lowest BCUT2D eigenvalue weighted by atomic mass is 10.1. The smallest absolute Gasteiger partial charge is 0.253 e. The largest absolute Gasteiger partial charge is 0.342 e. The van der Waals surface area contributed by atoms with Crippen LogP contribution in [0.1, 0.15) is 27.6 Å². The van der Waals surface area contributed by atoms with Crippen molar-refractivity contribution in [3.63, 3.8) is 0 Å². The first-order valence-electron chi connectivity index (χ1n) is 9.13. The number of piperazine rings is 2. The van der Waals surface area contributed by atoms with Gasteiger partial charge in [0.05, 0.1) is 0 Å². The first-order chi connectivity index (χ1) is 13.0. The van der Waals surface area contributed by atoms with E-state index < -0.39 is 0 Å². The van der Waals surface area contributed by atoms with Crippen LogP contribution in [-0.2, 0) is 9.59 Å². The van der Waals surface area contributed by atoms with Crippen LogP contribution in [0.5, 0.6) is 0 Å². The third-order valence-corrected chi connectivity index (χ3v) is 5.14. The van der Waals surface area contributed by atoms with Gasteiger partial charge in [0.15, 0.2) is 0 Å². The Morgan fingerprint density at radius 3 is 1.44 bits per heavy atom. The number of benzene rings is 1. The molecule has 0 aromatic heterocycles. The van der Waals surface area contributed by atoms with Crippen molar-refractivity contribution in [1.29, 1.82) is 0 Å². The summed E-state index contributed by atoms with van der Waals surface area (Å²) in [6.07, 6.45) is 0.804. The summed E-state index contributed by atoms with van der Waals surface area (Å²) in [6.45, 7) is 5.76. The average Bonchev–Trinajstić information content (AvgIpc) is 2.73. The van der Waals surface area contributed by atoms with Crippen molar-refractivity contribution >= 4 is 24.1 Å². The molecule has 0 radical (unpaired) electrons. The van der Waals surface area contributed by atoms with E-state index in [9.17, 15) is 19.2 Å². The van der Waals surface area contributed by atoms with Crippen LogP contribution in [0.3, 0.4) is 0 Å². The predicted molar refractivity (Wildman–Crippen MR) is 98.1 cm³/mol. The average molecular weight is 372 g/mol. The van der Waals surface area contributed by atoms with Crippen molar-refractivity contribution in [2.75, 3.05) is 52.4 Å². The molecule has 0 bridgehead atoms. The van der Waals surface area contributed by atoms with Crippen LogP contribution in [0, 0.1) is 0 Å². The molecule has 8 nitrogen and oxygen atoms in total. The molecule has 1 aromatic rings. The number of hydrogen-bond acceptors (Lipinski definition) is 4. The van der Waals surface area contributed by atoms with Crippen molar-refractivity contribution in [3.8, 4) is 0 Å². The lowest BCUT2D eigenvalue weighted by Crippen LogP contribution is -2.50. The second-order valence-corrected chi connectivity index (χ2v) is 6.81. The zero-order valence-corrected chi connectivity index (χ0v) is 15.5. The lowest BCUT2D eigenvalue weighted by molar-refractivity contribution is -0.130. The van der Waals surface area contributed by atoms with E-state index in [1.54, 1.807) is 43.9 Å².